The van der Waals surface area contributed by atoms with Gasteiger partial charge < -0.3 is 10.8 Å². The molecule has 30 heavy (non-hydrogen) atoms. The lowest BCUT2D eigenvalue weighted by molar-refractivity contribution is 0.0690. The maximum absolute atomic E-state index is 13.2. The third-order valence-electron chi connectivity index (χ3n) is 4.61. The average Bonchev–Trinajstić information content (AvgIpc) is 3.22. The summed E-state index contributed by atoms with van der Waals surface area (Å²) in [5, 5.41) is 13.7. The average molecular weight is 403 g/mol. The van der Waals surface area contributed by atoms with Crippen molar-refractivity contribution in [2.75, 3.05) is 0 Å². The van der Waals surface area contributed by atoms with Crippen LogP contribution in [0.15, 0.2) is 67.0 Å². The molecule has 0 radical (unpaired) electrons. The van der Waals surface area contributed by atoms with E-state index in [9.17, 15) is 9.18 Å². The van der Waals surface area contributed by atoms with Crippen molar-refractivity contribution in [3.63, 3.8) is 0 Å². The molecule has 0 spiro atoms. The van der Waals surface area contributed by atoms with Crippen LogP contribution in [0.4, 0.5) is 4.39 Å². The normalized spacial score (nSPS) is 10.9. The number of pyridine rings is 2. The van der Waals surface area contributed by atoms with Crippen LogP contribution in [0, 0.1) is 5.82 Å². The lowest BCUT2D eigenvalue weighted by Crippen LogP contribution is -2.07. The number of halogens is 1. The van der Waals surface area contributed by atoms with Gasteiger partial charge in [-0.2, -0.15) is 5.10 Å². The number of nitrogens with zero attached hydrogens (tertiary/aromatic N) is 4. The van der Waals surface area contributed by atoms with E-state index >= 15 is 0 Å². The van der Waals surface area contributed by atoms with Crippen LogP contribution in [0.1, 0.15) is 21.7 Å². The highest BCUT2D eigenvalue weighted by molar-refractivity contribution is 5.85. The summed E-state index contributed by atoms with van der Waals surface area (Å²) in [6.07, 6.45) is 3.49. The summed E-state index contributed by atoms with van der Waals surface area (Å²) < 4.78 is 14.9. The van der Waals surface area contributed by atoms with E-state index in [0.29, 0.717) is 30.2 Å². The van der Waals surface area contributed by atoms with Crippen LogP contribution in [0.3, 0.4) is 0 Å². The molecule has 7 nitrogen and oxygen atoms in total. The summed E-state index contributed by atoms with van der Waals surface area (Å²) >= 11 is 0. The van der Waals surface area contributed by atoms with Gasteiger partial charge in [0.15, 0.2) is 0 Å². The molecule has 0 amide bonds. The SMILES string of the molecule is NCc1cnc(-c2ccc(F)cc2)cc1-c1ccn(Cc2cccc(C(=O)O)n2)n1. The van der Waals surface area contributed by atoms with Gasteiger partial charge in [-0.15, -0.1) is 0 Å². The van der Waals surface area contributed by atoms with Crippen LogP contribution in [0.5, 0.6) is 0 Å². The van der Waals surface area contributed by atoms with Crippen molar-refractivity contribution in [2.45, 2.75) is 13.1 Å². The minimum Gasteiger partial charge on any atom is -0.477 e. The van der Waals surface area contributed by atoms with Crippen molar-refractivity contribution in [2.24, 2.45) is 5.73 Å². The van der Waals surface area contributed by atoms with Crippen LogP contribution in [-0.4, -0.2) is 30.8 Å². The van der Waals surface area contributed by atoms with Crippen molar-refractivity contribution < 1.29 is 14.3 Å². The number of benzene rings is 1. The third-order valence-corrected chi connectivity index (χ3v) is 4.61. The molecule has 0 bridgehead atoms. The minimum absolute atomic E-state index is 0.0108. The number of carbonyl (C=O) groups is 1. The molecule has 0 saturated heterocycles. The van der Waals surface area contributed by atoms with Crippen LogP contribution < -0.4 is 5.73 Å². The van der Waals surface area contributed by atoms with Crippen LogP contribution in [0.2, 0.25) is 0 Å². The number of carboxylic acid groups (broad SMARTS) is 1. The second kappa shape index (κ2) is 8.22. The Bertz CT molecular complexity index is 1200. The van der Waals surface area contributed by atoms with E-state index in [-0.39, 0.29) is 11.5 Å². The fourth-order valence-electron chi connectivity index (χ4n) is 3.11. The summed E-state index contributed by atoms with van der Waals surface area (Å²) in [5.41, 5.74) is 10.3. The molecular formula is C22H18FN5O2. The molecule has 0 saturated carbocycles. The summed E-state index contributed by atoms with van der Waals surface area (Å²) in [7, 11) is 0. The van der Waals surface area contributed by atoms with E-state index in [4.69, 9.17) is 10.8 Å². The van der Waals surface area contributed by atoms with Crippen molar-refractivity contribution in [1.29, 1.82) is 0 Å². The fraction of sp³-hybridized carbons (Fsp3) is 0.0909. The molecule has 3 heterocycles. The van der Waals surface area contributed by atoms with Crippen molar-refractivity contribution in [3.8, 4) is 22.5 Å². The van der Waals surface area contributed by atoms with Crippen molar-refractivity contribution >= 4 is 5.97 Å². The van der Waals surface area contributed by atoms with E-state index < -0.39 is 5.97 Å². The van der Waals surface area contributed by atoms with Gasteiger partial charge in [0.2, 0.25) is 0 Å². The first-order valence-electron chi connectivity index (χ1n) is 9.21. The van der Waals surface area contributed by atoms with E-state index in [1.165, 1.54) is 18.2 Å². The smallest absolute Gasteiger partial charge is 0.354 e. The number of hydrogen-bond acceptors (Lipinski definition) is 5. The number of nitrogens with two attached hydrogens (primary N) is 1. The molecule has 0 aliphatic carbocycles. The Balaban J connectivity index is 1.65. The molecule has 4 aromatic rings. The van der Waals surface area contributed by atoms with Crippen LogP contribution >= 0.6 is 0 Å². The first kappa shape index (κ1) is 19.4. The number of rotatable bonds is 6. The van der Waals surface area contributed by atoms with Gasteiger partial charge in [-0.1, -0.05) is 6.07 Å². The van der Waals surface area contributed by atoms with Gasteiger partial charge in [-0.25, -0.2) is 14.2 Å². The Kier molecular flexibility index (Phi) is 5.32. The van der Waals surface area contributed by atoms with Gasteiger partial charge in [0.05, 0.1) is 23.6 Å². The zero-order valence-corrected chi connectivity index (χ0v) is 15.9. The second-order valence-corrected chi connectivity index (χ2v) is 6.66. The first-order chi connectivity index (χ1) is 14.5. The molecule has 0 fully saturated rings. The highest BCUT2D eigenvalue weighted by atomic mass is 19.1. The molecule has 150 valence electrons. The zero-order valence-electron chi connectivity index (χ0n) is 15.9. The van der Waals surface area contributed by atoms with Gasteiger partial charge in [-0.05, 0) is 54.1 Å². The Labute approximate surface area is 171 Å². The van der Waals surface area contributed by atoms with Gasteiger partial charge in [0, 0.05) is 30.1 Å². The topological polar surface area (TPSA) is 107 Å². The fourth-order valence-corrected chi connectivity index (χ4v) is 3.11. The summed E-state index contributed by atoms with van der Waals surface area (Å²) in [6, 6.07) is 14.7. The summed E-state index contributed by atoms with van der Waals surface area (Å²) in [6.45, 7) is 0.621. The molecule has 4 rings (SSSR count). The largest absolute Gasteiger partial charge is 0.477 e. The second-order valence-electron chi connectivity index (χ2n) is 6.66. The molecule has 0 unspecified atom stereocenters. The van der Waals surface area contributed by atoms with E-state index in [1.807, 2.05) is 12.1 Å². The Hall–Kier alpha value is -3.91. The monoisotopic (exact) mass is 403 g/mol. The number of carboxylic acids is 1. The lowest BCUT2D eigenvalue weighted by Gasteiger charge is -2.09. The molecule has 8 heteroatoms. The van der Waals surface area contributed by atoms with Crippen LogP contribution in [-0.2, 0) is 13.1 Å². The number of hydrogen-bond donors (Lipinski definition) is 2. The molecule has 3 aromatic heterocycles. The third kappa shape index (κ3) is 4.08. The summed E-state index contributed by atoms with van der Waals surface area (Å²) in [4.78, 5) is 19.7. The zero-order chi connectivity index (χ0) is 21.1. The predicted octanol–water partition coefficient (Wildman–Crippen LogP) is 3.35. The van der Waals surface area contributed by atoms with Gasteiger partial charge in [0.25, 0.3) is 0 Å². The number of aromatic carboxylic acids is 1. The molecule has 3 N–H and O–H groups in total. The highest BCUT2D eigenvalue weighted by Crippen LogP contribution is 2.27. The van der Waals surface area contributed by atoms with Crippen molar-refractivity contribution in [3.05, 3.63) is 89.8 Å². The lowest BCUT2D eigenvalue weighted by atomic mass is 10.0. The Morgan fingerprint density at radius 2 is 1.90 bits per heavy atom. The van der Waals surface area contributed by atoms with Gasteiger partial charge >= 0.3 is 5.97 Å². The predicted molar refractivity (Wildman–Crippen MR) is 109 cm³/mol. The van der Waals surface area contributed by atoms with Gasteiger partial charge in [-0.3, -0.25) is 9.67 Å². The Morgan fingerprint density at radius 1 is 1.10 bits per heavy atom. The standard InChI is InChI=1S/C22H18FN5O2/c23-16-6-4-14(5-7-16)21-10-18(15(11-24)12-25-21)19-8-9-28(27-19)13-17-2-1-3-20(26-17)22(29)30/h1-10,12H,11,13,24H2,(H,29,30). The molecule has 0 atom stereocenters. The maximum atomic E-state index is 13.2. The quantitative estimate of drug-likeness (QED) is 0.511. The van der Waals surface area contributed by atoms with Crippen molar-refractivity contribution in [1.82, 2.24) is 19.7 Å². The maximum Gasteiger partial charge on any atom is 0.354 e. The first-order valence-corrected chi connectivity index (χ1v) is 9.21. The highest BCUT2D eigenvalue weighted by Gasteiger charge is 2.12. The summed E-state index contributed by atoms with van der Waals surface area (Å²) in [5.74, 6) is -1.38. The van der Waals surface area contributed by atoms with E-state index in [2.05, 4.69) is 15.1 Å². The van der Waals surface area contributed by atoms with E-state index in [0.717, 1.165) is 16.7 Å². The molecule has 1 aromatic carbocycles. The van der Waals surface area contributed by atoms with Gasteiger partial charge in [0.1, 0.15) is 11.5 Å². The van der Waals surface area contributed by atoms with E-state index in [1.54, 1.807) is 41.3 Å². The number of aromatic nitrogens is 4. The minimum atomic E-state index is -1.07. The molecule has 0 aliphatic rings. The Morgan fingerprint density at radius 3 is 2.63 bits per heavy atom. The van der Waals surface area contributed by atoms with Crippen LogP contribution in [0.25, 0.3) is 22.5 Å². The molecule has 0 aliphatic heterocycles. The molecular weight excluding hydrogens is 385 g/mol.